The Hall–Kier alpha value is -1.67. The van der Waals surface area contributed by atoms with Crippen molar-refractivity contribution in [3.8, 4) is 0 Å². The molecule has 0 aromatic carbocycles. The van der Waals surface area contributed by atoms with E-state index in [1.807, 2.05) is 0 Å². The molecule has 0 aromatic heterocycles. The first-order valence-electron chi connectivity index (χ1n) is 4.55. The minimum atomic E-state index is -1.38. The Morgan fingerprint density at radius 1 is 1.31 bits per heavy atom. The number of aliphatic hydroxyl groups is 1. The average Bonchev–Trinajstić information content (AvgIpc) is 2.24. The van der Waals surface area contributed by atoms with E-state index in [0.717, 1.165) is 0 Å². The zero-order valence-electron chi connectivity index (χ0n) is 8.77. The van der Waals surface area contributed by atoms with Crippen molar-refractivity contribution in [1.29, 1.82) is 0 Å². The molecule has 0 radical (unpaired) electrons. The Labute approximate surface area is 91.8 Å². The van der Waals surface area contributed by atoms with Crippen molar-refractivity contribution in [3.63, 3.8) is 0 Å². The first-order valence-corrected chi connectivity index (χ1v) is 4.55. The molecule has 8 heteroatoms. The summed E-state index contributed by atoms with van der Waals surface area (Å²) >= 11 is 0. The summed E-state index contributed by atoms with van der Waals surface area (Å²) in [6.45, 7) is 0.387. The van der Waals surface area contributed by atoms with E-state index in [-0.39, 0.29) is 6.54 Å². The number of carbonyl (C=O) groups excluding carboxylic acids is 2. The molecule has 92 valence electrons. The highest BCUT2D eigenvalue weighted by Gasteiger charge is 2.22. The molecule has 0 aliphatic heterocycles. The summed E-state index contributed by atoms with van der Waals surface area (Å²) < 4.78 is 0. The number of hydrogen-bond acceptors (Lipinski definition) is 5. The number of hydrogen-bond donors (Lipinski definition) is 5. The van der Waals surface area contributed by atoms with Crippen LogP contribution < -0.4 is 16.4 Å². The number of carbonyl (C=O) groups is 3. The van der Waals surface area contributed by atoms with Crippen LogP contribution in [0.2, 0.25) is 0 Å². The predicted molar refractivity (Wildman–Crippen MR) is 53.3 cm³/mol. The third-order valence-corrected chi connectivity index (χ3v) is 1.75. The number of aliphatic hydroxyl groups excluding tert-OH is 1. The van der Waals surface area contributed by atoms with Gasteiger partial charge in [0.2, 0.25) is 11.8 Å². The molecule has 0 bridgehead atoms. The first kappa shape index (κ1) is 14.3. The van der Waals surface area contributed by atoms with Crippen molar-refractivity contribution in [2.75, 3.05) is 13.2 Å². The number of amides is 2. The summed E-state index contributed by atoms with van der Waals surface area (Å²) in [6.07, 6.45) is 0. The fourth-order valence-corrected chi connectivity index (χ4v) is 0.848. The Morgan fingerprint density at radius 2 is 1.88 bits per heavy atom. The van der Waals surface area contributed by atoms with Gasteiger partial charge in [0.25, 0.3) is 0 Å². The fourth-order valence-electron chi connectivity index (χ4n) is 0.848. The van der Waals surface area contributed by atoms with Crippen molar-refractivity contribution in [3.05, 3.63) is 0 Å². The van der Waals surface area contributed by atoms with Gasteiger partial charge in [-0.1, -0.05) is 0 Å². The van der Waals surface area contributed by atoms with Crippen LogP contribution in [0.25, 0.3) is 0 Å². The van der Waals surface area contributed by atoms with Crippen LogP contribution in [0, 0.1) is 0 Å². The summed E-state index contributed by atoms with van der Waals surface area (Å²) in [5.41, 5.74) is 5.02. The first-order chi connectivity index (χ1) is 7.42. The SMILES string of the molecule is CC(NC(=O)CN)C(=O)NC(CO)C(=O)O. The molecule has 0 fully saturated rings. The molecule has 2 amide bonds. The van der Waals surface area contributed by atoms with Crippen LogP contribution in [0.1, 0.15) is 6.92 Å². The van der Waals surface area contributed by atoms with Crippen LogP contribution >= 0.6 is 0 Å². The van der Waals surface area contributed by atoms with Gasteiger partial charge in [-0.2, -0.15) is 0 Å². The summed E-state index contributed by atoms with van der Waals surface area (Å²) in [4.78, 5) is 32.6. The van der Waals surface area contributed by atoms with Crippen molar-refractivity contribution < 1.29 is 24.6 Å². The van der Waals surface area contributed by atoms with Gasteiger partial charge >= 0.3 is 5.97 Å². The number of rotatable bonds is 6. The normalized spacial score (nSPS) is 13.7. The van der Waals surface area contributed by atoms with Crippen LogP contribution in [0.4, 0.5) is 0 Å². The van der Waals surface area contributed by atoms with Crippen LogP contribution in [0.15, 0.2) is 0 Å². The lowest BCUT2D eigenvalue weighted by Gasteiger charge is -2.16. The van der Waals surface area contributed by atoms with Crippen LogP contribution in [0.3, 0.4) is 0 Å². The smallest absolute Gasteiger partial charge is 0.328 e. The Bertz CT molecular complexity index is 281. The highest BCUT2D eigenvalue weighted by molar-refractivity contribution is 5.90. The van der Waals surface area contributed by atoms with Crippen molar-refractivity contribution in [2.24, 2.45) is 5.73 Å². The van der Waals surface area contributed by atoms with Crippen molar-refractivity contribution >= 4 is 17.8 Å². The second-order valence-corrected chi connectivity index (χ2v) is 3.08. The van der Waals surface area contributed by atoms with E-state index < -0.39 is 36.5 Å². The molecule has 2 unspecified atom stereocenters. The summed E-state index contributed by atoms with van der Waals surface area (Å²) in [6, 6.07) is -2.30. The highest BCUT2D eigenvalue weighted by atomic mass is 16.4. The van der Waals surface area contributed by atoms with E-state index in [9.17, 15) is 14.4 Å². The number of carboxylic acids is 1. The van der Waals surface area contributed by atoms with E-state index in [2.05, 4.69) is 10.6 Å². The number of aliphatic carboxylic acids is 1. The molecule has 0 spiro atoms. The van der Waals surface area contributed by atoms with Gasteiger partial charge in [0.15, 0.2) is 0 Å². The van der Waals surface area contributed by atoms with Gasteiger partial charge in [-0.3, -0.25) is 9.59 Å². The molecule has 0 saturated heterocycles. The maximum Gasteiger partial charge on any atom is 0.328 e. The molecule has 0 aliphatic carbocycles. The zero-order valence-corrected chi connectivity index (χ0v) is 8.77. The van der Waals surface area contributed by atoms with Crippen molar-refractivity contribution in [1.82, 2.24) is 10.6 Å². The molecule has 16 heavy (non-hydrogen) atoms. The van der Waals surface area contributed by atoms with Gasteiger partial charge in [-0.05, 0) is 6.92 Å². The number of nitrogens with two attached hydrogens (primary N) is 1. The minimum absolute atomic E-state index is 0.264. The quantitative estimate of drug-likeness (QED) is 0.331. The summed E-state index contributed by atoms with van der Waals surface area (Å²) in [5, 5.41) is 21.5. The molecule has 0 rings (SSSR count). The van der Waals surface area contributed by atoms with Gasteiger partial charge in [0, 0.05) is 0 Å². The highest BCUT2D eigenvalue weighted by Crippen LogP contribution is 1.87. The van der Waals surface area contributed by atoms with E-state index in [0.29, 0.717) is 0 Å². The molecule has 2 atom stereocenters. The molecule has 0 aliphatic rings. The lowest BCUT2D eigenvalue weighted by Crippen LogP contribution is -2.52. The molecule has 0 heterocycles. The third-order valence-electron chi connectivity index (χ3n) is 1.75. The topological polar surface area (TPSA) is 142 Å². The lowest BCUT2D eigenvalue weighted by atomic mass is 10.2. The molecule has 0 saturated carbocycles. The Morgan fingerprint density at radius 3 is 2.25 bits per heavy atom. The van der Waals surface area contributed by atoms with Gasteiger partial charge in [0.1, 0.15) is 12.1 Å². The third kappa shape index (κ3) is 4.71. The zero-order chi connectivity index (χ0) is 12.7. The summed E-state index contributed by atoms with van der Waals surface area (Å²) in [5.74, 6) is -2.59. The maximum atomic E-state index is 11.3. The molecule has 8 nitrogen and oxygen atoms in total. The predicted octanol–water partition coefficient (Wildman–Crippen LogP) is -2.99. The molecule has 6 N–H and O–H groups in total. The van der Waals surface area contributed by atoms with Gasteiger partial charge in [-0.25, -0.2) is 4.79 Å². The second-order valence-electron chi connectivity index (χ2n) is 3.08. The van der Waals surface area contributed by atoms with E-state index in [1.54, 1.807) is 0 Å². The monoisotopic (exact) mass is 233 g/mol. The molecule has 0 aromatic rings. The lowest BCUT2D eigenvalue weighted by molar-refractivity contribution is -0.143. The fraction of sp³-hybridized carbons (Fsp3) is 0.625. The minimum Gasteiger partial charge on any atom is -0.480 e. The van der Waals surface area contributed by atoms with Gasteiger partial charge in [0.05, 0.1) is 13.2 Å². The largest absolute Gasteiger partial charge is 0.480 e. The van der Waals surface area contributed by atoms with Crippen molar-refractivity contribution in [2.45, 2.75) is 19.0 Å². The van der Waals surface area contributed by atoms with E-state index in [1.165, 1.54) is 6.92 Å². The van der Waals surface area contributed by atoms with Crippen LogP contribution in [0.5, 0.6) is 0 Å². The van der Waals surface area contributed by atoms with Gasteiger partial charge in [-0.15, -0.1) is 0 Å². The van der Waals surface area contributed by atoms with Crippen LogP contribution in [-0.4, -0.2) is 53.2 Å². The number of nitrogens with one attached hydrogen (secondary N) is 2. The second kappa shape index (κ2) is 6.75. The van der Waals surface area contributed by atoms with Crippen LogP contribution in [-0.2, 0) is 14.4 Å². The number of carboxylic acid groups (broad SMARTS) is 1. The Kier molecular flexibility index (Phi) is 6.04. The van der Waals surface area contributed by atoms with E-state index >= 15 is 0 Å². The molecular formula is C8H15N3O5. The average molecular weight is 233 g/mol. The standard InChI is InChI=1S/C8H15N3O5/c1-4(10-6(13)2-9)7(14)11-5(3-12)8(15)16/h4-5,12H,2-3,9H2,1H3,(H,10,13)(H,11,14)(H,15,16). The Balaban J connectivity index is 4.23. The summed E-state index contributed by atoms with van der Waals surface area (Å²) in [7, 11) is 0. The van der Waals surface area contributed by atoms with E-state index in [4.69, 9.17) is 15.9 Å². The van der Waals surface area contributed by atoms with Gasteiger partial charge < -0.3 is 26.6 Å². The molecular weight excluding hydrogens is 218 g/mol. The maximum absolute atomic E-state index is 11.3.